The summed E-state index contributed by atoms with van der Waals surface area (Å²) in [6.45, 7) is 8.58. The number of primary amides is 1. The number of carbonyl (C=O) groups is 3. The van der Waals surface area contributed by atoms with Gasteiger partial charge in [-0.1, -0.05) is 53.9 Å². The van der Waals surface area contributed by atoms with E-state index in [1.165, 1.54) is 12.1 Å². The minimum atomic E-state index is -0.631. The number of aliphatic imine (C=N–C) groups is 1. The fraction of sp³-hybridized carbons (Fsp3) is 0.448. The van der Waals surface area contributed by atoms with Crippen molar-refractivity contribution in [2.75, 3.05) is 30.8 Å². The highest BCUT2D eigenvalue weighted by molar-refractivity contribution is 9.08. The van der Waals surface area contributed by atoms with E-state index in [0.29, 0.717) is 35.7 Å². The monoisotopic (exact) mass is 656 g/mol. The predicted molar refractivity (Wildman–Crippen MR) is 168 cm³/mol. The topological polar surface area (TPSA) is 163 Å². The number of esters is 1. The van der Waals surface area contributed by atoms with Crippen molar-refractivity contribution in [3.05, 3.63) is 52.0 Å². The normalized spacial score (nSPS) is 10.4. The van der Waals surface area contributed by atoms with Gasteiger partial charge in [0.25, 0.3) is 5.91 Å². The fourth-order valence-electron chi connectivity index (χ4n) is 3.33. The molecular weight excluding hydrogens is 616 g/mol. The average molecular weight is 658 g/mol. The Hall–Kier alpha value is -3.31. The van der Waals surface area contributed by atoms with E-state index < -0.39 is 11.8 Å². The molecule has 0 saturated carbocycles. The number of aromatic hydroxyl groups is 2. The number of ether oxygens (including phenoxy) is 1. The molecule has 0 aliphatic heterocycles. The molecule has 0 aromatic heterocycles. The summed E-state index contributed by atoms with van der Waals surface area (Å²) >= 11 is 8.77. The zero-order chi connectivity index (χ0) is 31.4. The molecule has 6 N–H and O–H groups in total. The standard InChI is InChI=1S/C16H24N4O3.C12H15ClO3.CH3Br/c1-3-5-6-18-15(4-2)20-12-7-11(8-13(21)9-12)16(23)19-10-14(17)22;1-3-16-11(14)5-4-9-6-8(2)7-10(13)12(9)15;1-2/h7-9,21H,3-6,10H2,1-2H3,(H2,17,22)(H,18,20)(H,19,23);6-7,15H,3-5H2,1-2H3;1H3. The number of benzene rings is 2. The smallest absolute Gasteiger partial charge is 0.306 e. The highest BCUT2D eigenvalue weighted by Crippen LogP contribution is 2.29. The van der Waals surface area contributed by atoms with Crippen molar-refractivity contribution in [3.8, 4) is 11.5 Å². The summed E-state index contributed by atoms with van der Waals surface area (Å²) in [6.07, 6.45) is 3.47. The molecule has 0 fully saturated rings. The van der Waals surface area contributed by atoms with Crippen LogP contribution in [0.4, 0.5) is 5.69 Å². The number of nitrogens with one attached hydrogen (secondary N) is 2. The number of halogens is 2. The van der Waals surface area contributed by atoms with Crippen LogP contribution in [0.15, 0.2) is 35.3 Å². The van der Waals surface area contributed by atoms with Gasteiger partial charge in [0.05, 0.1) is 18.2 Å². The molecule has 0 unspecified atom stereocenters. The number of hydrogen-bond acceptors (Lipinski definition) is 7. The first-order valence-corrected chi connectivity index (χ1v) is 15.2. The van der Waals surface area contributed by atoms with Crippen molar-refractivity contribution in [2.24, 2.45) is 10.7 Å². The molecule has 0 radical (unpaired) electrons. The van der Waals surface area contributed by atoms with Crippen LogP contribution in [-0.2, 0) is 20.7 Å². The molecule has 0 spiro atoms. The van der Waals surface area contributed by atoms with Crippen LogP contribution < -0.4 is 16.4 Å². The quantitative estimate of drug-likeness (QED) is 0.0663. The Balaban J connectivity index is 0.000000777. The molecular formula is C29H42BrClN4O6. The van der Waals surface area contributed by atoms with Gasteiger partial charge in [0.15, 0.2) is 0 Å². The molecule has 2 rings (SSSR count). The van der Waals surface area contributed by atoms with E-state index in [9.17, 15) is 24.6 Å². The molecule has 2 amide bonds. The molecule has 0 atom stereocenters. The molecule has 0 aliphatic rings. The van der Waals surface area contributed by atoms with Gasteiger partial charge in [0.2, 0.25) is 5.91 Å². The van der Waals surface area contributed by atoms with Gasteiger partial charge in [0.1, 0.15) is 17.3 Å². The average Bonchev–Trinajstić information content (AvgIpc) is 2.93. The minimum Gasteiger partial charge on any atom is -0.508 e. The van der Waals surface area contributed by atoms with E-state index in [1.807, 2.05) is 25.7 Å². The molecule has 2 aromatic rings. The van der Waals surface area contributed by atoms with Crippen molar-refractivity contribution in [2.45, 2.75) is 59.8 Å². The van der Waals surface area contributed by atoms with Crippen LogP contribution in [-0.4, -0.2) is 59.4 Å². The second kappa shape index (κ2) is 21.4. The van der Waals surface area contributed by atoms with E-state index in [1.54, 1.807) is 19.1 Å². The van der Waals surface area contributed by atoms with Crippen molar-refractivity contribution in [3.63, 3.8) is 0 Å². The van der Waals surface area contributed by atoms with Crippen LogP contribution in [0, 0.1) is 6.92 Å². The SMILES string of the molecule is CBr.CCCCN=C(CC)Nc1cc(O)cc(C(=O)NCC(N)=O)c1.CCOC(=O)CCc1cc(C)cc(Cl)c1O. The Morgan fingerprint density at radius 1 is 1.07 bits per heavy atom. The number of phenolic OH excluding ortho intramolecular Hbond substituents is 2. The fourth-order valence-corrected chi connectivity index (χ4v) is 3.62. The van der Waals surface area contributed by atoms with Crippen LogP contribution in [0.3, 0.4) is 0 Å². The number of amidine groups is 1. The molecule has 41 heavy (non-hydrogen) atoms. The second-order valence-corrected chi connectivity index (χ2v) is 9.04. The first kappa shape index (κ1) is 37.7. The maximum atomic E-state index is 11.9. The Kier molecular flexibility index (Phi) is 19.7. The summed E-state index contributed by atoms with van der Waals surface area (Å²) in [5.74, 6) is 1.22. The summed E-state index contributed by atoms with van der Waals surface area (Å²) in [4.78, 5) is 38.3. The van der Waals surface area contributed by atoms with Gasteiger partial charge >= 0.3 is 5.97 Å². The molecule has 0 bridgehead atoms. The number of anilines is 1. The highest BCUT2D eigenvalue weighted by Gasteiger charge is 2.11. The van der Waals surface area contributed by atoms with Gasteiger partial charge in [-0.2, -0.15) is 0 Å². The second-order valence-electron chi connectivity index (χ2n) is 8.64. The molecule has 228 valence electrons. The molecule has 0 heterocycles. The summed E-state index contributed by atoms with van der Waals surface area (Å²) in [5, 5.41) is 25.3. The number of rotatable bonds is 12. The molecule has 0 saturated heterocycles. The van der Waals surface area contributed by atoms with E-state index >= 15 is 0 Å². The van der Waals surface area contributed by atoms with Crippen molar-refractivity contribution < 1.29 is 29.3 Å². The number of hydrogen-bond donors (Lipinski definition) is 5. The van der Waals surface area contributed by atoms with Crippen molar-refractivity contribution in [1.29, 1.82) is 0 Å². The maximum Gasteiger partial charge on any atom is 0.306 e. The van der Waals surface area contributed by atoms with Crippen LogP contribution in [0.25, 0.3) is 0 Å². The zero-order valence-corrected chi connectivity index (χ0v) is 26.7. The lowest BCUT2D eigenvalue weighted by Crippen LogP contribution is -2.33. The number of nitrogens with two attached hydrogens (primary N) is 1. The largest absolute Gasteiger partial charge is 0.508 e. The maximum absolute atomic E-state index is 11.9. The lowest BCUT2D eigenvalue weighted by atomic mass is 10.1. The lowest BCUT2D eigenvalue weighted by Gasteiger charge is -2.11. The van der Waals surface area contributed by atoms with E-state index in [-0.39, 0.29) is 36.0 Å². The van der Waals surface area contributed by atoms with Crippen LogP contribution in [0.1, 0.15) is 67.9 Å². The summed E-state index contributed by atoms with van der Waals surface area (Å²) < 4.78 is 4.81. The van der Waals surface area contributed by atoms with E-state index in [2.05, 4.69) is 38.5 Å². The Morgan fingerprint density at radius 2 is 1.76 bits per heavy atom. The Morgan fingerprint density at radius 3 is 2.34 bits per heavy atom. The molecule has 12 heteroatoms. The first-order valence-electron chi connectivity index (χ1n) is 13.2. The Bertz CT molecular complexity index is 1160. The minimum absolute atomic E-state index is 0.0524. The van der Waals surface area contributed by atoms with Crippen LogP contribution in [0.2, 0.25) is 5.02 Å². The number of unbranched alkanes of at least 4 members (excludes halogenated alkanes) is 1. The Labute approximate surface area is 255 Å². The predicted octanol–water partition coefficient (Wildman–Crippen LogP) is 5.49. The third-order valence-electron chi connectivity index (χ3n) is 5.23. The summed E-state index contributed by atoms with van der Waals surface area (Å²) in [6, 6.07) is 7.92. The van der Waals surface area contributed by atoms with Gasteiger partial charge in [-0.25, -0.2) is 0 Å². The van der Waals surface area contributed by atoms with Gasteiger partial charge in [-0.15, -0.1) is 0 Å². The number of alkyl halides is 1. The van der Waals surface area contributed by atoms with Gasteiger partial charge in [-0.3, -0.25) is 19.4 Å². The number of carbonyl (C=O) groups excluding carboxylic acids is 3. The van der Waals surface area contributed by atoms with Crippen LogP contribution >= 0.6 is 27.5 Å². The third kappa shape index (κ3) is 15.9. The van der Waals surface area contributed by atoms with Gasteiger partial charge in [0, 0.05) is 36.7 Å². The van der Waals surface area contributed by atoms with Crippen LogP contribution in [0.5, 0.6) is 11.5 Å². The van der Waals surface area contributed by atoms with E-state index in [0.717, 1.165) is 30.8 Å². The number of nitrogens with zero attached hydrogens (tertiary/aromatic N) is 1. The summed E-state index contributed by atoms with van der Waals surface area (Å²) in [5.41, 5.74) is 7.42. The van der Waals surface area contributed by atoms with Gasteiger partial charge < -0.3 is 31.3 Å². The molecule has 10 nitrogen and oxygen atoms in total. The summed E-state index contributed by atoms with van der Waals surface area (Å²) in [7, 11) is 0. The van der Waals surface area contributed by atoms with Crippen molar-refractivity contribution >= 4 is 56.8 Å². The van der Waals surface area contributed by atoms with E-state index in [4.69, 9.17) is 22.1 Å². The highest BCUT2D eigenvalue weighted by atomic mass is 79.9. The lowest BCUT2D eigenvalue weighted by molar-refractivity contribution is -0.143. The molecule has 0 aliphatic carbocycles. The molecule has 2 aromatic carbocycles. The third-order valence-corrected chi connectivity index (χ3v) is 5.52. The van der Waals surface area contributed by atoms with Crippen molar-refractivity contribution in [1.82, 2.24) is 5.32 Å². The number of phenols is 2. The number of amides is 2. The first-order chi connectivity index (χ1) is 19.5. The zero-order valence-electron chi connectivity index (χ0n) is 24.4. The number of aryl methyl sites for hydroxylation is 2. The van der Waals surface area contributed by atoms with Gasteiger partial charge in [-0.05, 0) is 61.8 Å².